The van der Waals surface area contributed by atoms with Gasteiger partial charge in [0.05, 0.1) is 11.4 Å². The van der Waals surface area contributed by atoms with Crippen LogP contribution < -0.4 is 29.6 Å². The fourth-order valence-electron chi connectivity index (χ4n) is 3.86. The Kier molecular flexibility index (Phi) is 24.4. The number of rotatable bonds is 21. The Bertz CT molecular complexity index is 429. The van der Waals surface area contributed by atoms with E-state index in [1.165, 1.54) is 70.6 Å². The summed E-state index contributed by atoms with van der Waals surface area (Å²) in [4.78, 5) is 0. The van der Waals surface area contributed by atoms with Gasteiger partial charge < -0.3 is 9.66 Å². The minimum absolute atomic E-state index is 0. The Hall–Kier alpha value is 0.870. The largest absolute Gasteiger partial charge is 1.00 e. The summed E-state index contributed by atoms with van der Waals surface area (Å²) in [6.45, 7) is 4.42. The van der Waals surface area contributed by atoms with E-state index < -0.39 is 21.5 Å². The van der Waals surface area contributed by atoms with Crippen LogP contribution in [0.3, 0.4) is 0 Å². The van der Waals surface area contributed by atoms with Gasteiger partial charge in [0, 0.05) is 0 Å². The van der Waals surface area contributed by atoms with Crippen molar-refractivity contribution >= 4 is 10.1 Å². The van der Waals surface area contributed by atoms with Crippen LogP contribution in [0.15, 0.2) is 0 Å². The normalized spacial score (nSPS) is 13.8. The smallest absolute Gasteiger partial charge is 0.748 e. The fourth-order valence-corrected chi connectivity index (χ4v) is 4.83. The average molecular weight is 443 g/mol. The van der Waals surface area contributed by atoms with Crippen LogP contribution in [-0.2, 0) is 10.1 Å². The molecule has 0 aromatic heterocycles. The molecule has 4 nitrogen and oxygen atoms in total. The molecule has 0 heterocycles. The van der Waals surface area contributed by atoms with Crippen molar-refractivity contribution in [2.24, 2.45) is 0 Å². The Morgan fingerprint density at radius 3 is 1.28 bits per heavy atom. The van der Waals surface area contributed by atoms with Crippen molar-refractivity contribution in [1.29, 1.82) is 0 Å². The molecule has 0 radical (unpaired) electrons. The van der Waals surface area contributed by atoms with Gasteiger partial charge >= 0.3 is 29.6 Å². The third-order valence-corrected chi connectivity index (χ3v) is 7.04. The van der Waals surface area contributed by atoms with Crippen LogP contribution in [0, 0.1) is 0 Å². The number of hydrogen-bond donors (Lipinski definition) is 1. The fraction of sp³-hybridized carbons (Fsp3) is 1.00. The van der Waals surface area contributed by atoms with Crippen LogP contribution in [0.25, 0.3) is 0 Å². The SMILES string of the molecule is CCCCCCCCCCCC(C(O)CCCCCCCCCC)S(=O)(=O)[O-].[Na+]. The van der Waals surface area contributed by atoms with Gasteiger partial charge in [0.2, 0.25) is 0 Å². The van der Waals surface area contributed by atoms with Crippen LogP contribution in [0.2, 0.25) is 0 Å². The van der Waals surface area contributed by atoms with E-state index in [0.717, 1.165) is 38.5 Å². The maximum Gasteiger partial charge on any atom is 1.00 e. The molecule has 1 N–H and O–H groups in total. The maximum absolute atomic E-state index is 11.6. The molecule has 0 aliphatic heterocycles. The Morgan fingerprint density at radius 1 is 0.621 bits per heavy atom. The van der Waals surface area contributed by atoms with Gasteiger partial charge in [0.25, 0.3) is 0 Å². The molecule has 2 unspecified atom stereocenters. The molecule has 2 atom stereocenters. The number of aliphatic hydroxyl groups is 1. The first kappa shape index (κ1) is 32.1. The standard InChI is InChI=1S/C23H48O4S.Na/c1-3-5-7-9-11-13-15-17-19-21-23(28(25,26)27)22(24)20-18-16-14-12-10-8-6-4-2;/h22-24H,3-21H2,1-2H3,(H,25,26,27);/q;+1/p-1. The van der Waals surface area contributed by atoms with E-state index in [4.69, 9.17) is 0 Å². The monoisotopic (exact) mass is 442 g/mol. The van der Waals surface area contributed by atoms with E-state index in [1.54, 1.807) is 0 Å². The zero-order valence-corrected chi connectivity index (χ0v) is 22.5. The van der Waals surface area contributed by atoms with E-state index in [2.05, 4.69) is 13.8 Å². The number of aliphatic hydroxyl groups excluding tert-OH is 1. The van der Waals surface area contributed by atoms with Crippen molar-refractivity contribution in [3.8, 4) is 0 Å². The summed E-state index contributed by atoms with van der Waals surface area (Å²) < 4.78 is 34.7. The van der Waals surface area contributed by atoms with Crippen LogP contribution in [-0.4, -0.2) is 29.4 Å². The van der Waals surface area contributed by atoms with Gasteiger partial charge in [-0.2, -0.15) is 0 Å². The van der Waals surface area contributed by atoms with E-state index in [9.17, 15) is 18.1 Å². The Balaban J connectivity index is 0. The van der Waals surface area contributed by atoms with Gasteiger partial charge in [-0.15, -0.1) is 0 Å². The number of unbranched alkanes of at least 4 members (excludes halogenated alkanes) is 15. The topological polar surface area (TPSA) is 77.4 Å². The van der Waals surface area contributed by atoms with Gasteiger partial charge in [-0.1, -0.05) is 123 Å². The molecule has 6 heteroatoms. The van der Waals surface area contributed by atoms with E-state index in [-0.39, 0.29) is 29.6 Å². The average Bonchev–Trinajstić information content (AvgIpc) is 2.64. The van der Waals surface area contributed by atoms with Crippen molar-refractivity contribution < 1.29 is 47.6 Å². The van der Waals surface area contributed by atoms with E-state index >= 15 is 0 Å². The summed E-state index contributed by atoms with van der Waals surface area (Å²) in [7, 11) is -4.43. The molecule has 0 amide bonds. The molecule has 0 aliphatic carbocycles. The minimum Gasteiger partial charge on any atom is -0.748 e. The van der Waals surface area contributed by atoms with E-state index in [0.29, 0.717) is 12.8 Å². The quantitative estimate of drug-likeness (QED) is 0.167. The van der Waals surface area contributed by atoms with Gasteiger partial charge in [-0.3, -0.25) is 0 Å². The van der Waals surface area contributed by atoms with Crippen LogP contribution in [0.5, 0.6) is 0 Å². The van der Waals surface area contributed by atoms with Gasteiger partial charge in [0.1, 0.15) is 10.1 Å². The minimum atomic E-state index is -4.43. The molecule has 170 valence electrons. The van der Waals surface area contributed by atoms with Gasteiger partial charge in [-0.05, 0) is 12.8 Å². The van der Waals surface area contributed by atoms with Crippen molar-refractivity contribution in [3.05, 3.63) is 0 Å². The zero-order valence-electron chi connectivity index (χ0n) is 19.7. The second kappa shape index (κ2) is 22.1. The van der Waals surface area contributed by atoms with Crippen LogP contribution in [0.1, 0.15) is 136 Å². The molecule has 0 aliphatic rings. The second-order valence-corrected chi connectivity index (χ2v) is 10.1. The molecule has 0 aromatic rings. The van der Waals surface area contributed by atoms with Crippen molar-refractivity contribution in [3.63, 3.8) is 0 Å². The van der Waals surface area contributed by atoms with Crippen molar-refractivity contribution in [2.75, 3.05) is 0 Å². The molecular weight excluding hydrogens is 395 g/mol. The first-order chi connectivity index (χ1) is 13.4. The predicted octanol–water partition coefficient (Wildman–Crippen LogP) is 3.72. The molecule has 0 fully saturated rings. The third-order valence-electron chi connectivity index (χ3n) is 5.75. The zero-order chi connectivity index (χ0) is 21.1. The third kappa shape index (κ3) is 20.5. The molecule has 29 heavy (non-hydrogen) atoms. The summed E-state index contributed by atoms with van der Waals surface area (Å²) in [6.07, 6.45) is 19.3. The predicted molar refractivity (Wildman–Crippen MR) is 119 cm³/mol. The molecule has 0 aromatic carbocycles. The maximum atomic E-state index is 11.6. The first-order valence-corrected chi connectivity index (χ1v) is 13.5. The molecule has 0 spiro atoms. The Labute approximate surface area is 204 Å². The number of hydrogen-bond acceptors (Lipinski definition) is 4. The molecular formula is C23H47NaO4S. The summed E-state index contributed by atoms with van der Waals surface area (Å²) in [5.41, 5.74) is 0. The van der Waals surface area contributed by atoms with Gasteiger partial charge in [0.15, 0.2) is 0 Å². The van der Waals surface area contributed by atoms with Gasteiger partial charge in [-0.25, -0.2) is 8.42 Å². The summed E-state index contributed by atoms with van der Waals surface area (Å²) >= 11 is 0. The molecule has 0 rings (SSSR count). The summed E-state index contributed by atoms with van der Waals surface area (Å²) in [5.74, 6) is 0. The van der Waals surface area contributed by atoms with Crippen molar-refractivity contribution in [1.82, 2.24) is 0 Å². The summed E-state index contributed by atoms with van der Waals surface area (Å²) in [6, 6.07) is 0. The summed E-state index contributed by atoms with van der Waals surface area (Å²) in [5, 5.41) is 9.14. The molecule has 0 bridgehead atoms. The van der Waals surface area contributed by atoms with Crippen LogP contribution in [0.4, 0.5) is 0 Å². The first-order valence-electron chi connectivity index (χ1n) is 12.1. The van der Waals surface area contributed by atoms with E-state index in [1.807, 2.05) is 0 Å². The second-order valence-electron chi connectivity index (χ2n) is 8.48. The molecule has 0 saturated carbocycles. The Morgan fingerprint density at radius 2 is 0.931 bits per heavy atom. The van der Waals surface area contributed by atoms with Crippen LogP contribution >= 0.6 is 0 Å². The molecule has 0 saturated heterocycles. The van der Waals surface area contributed by atoms with Crippen molar-refractivity contribution in [2.45, 2.75) is 147 Å².